The molecule has 0 bridgehead atoms. The van der Waals surface area contributed by atoms with Gasteiger partial charge in [-0.2, -0.15) is 10.2 Å². The average molecular weight is 242 g/mol. The van der Waals surface area contributed by atoms with Gasteiger partial charge in [-0.3, -0.25) is 0 Å². The van der Waals surface area contributed by atoms with Crippen LogP contribution in [0.4, 0.5) is 0 Å². The zero-order chi connectivity index (χ0) is 13.9. The maximum Gasteiger partial charge on any atom is 0.177 e. The second kappa shape index (κ2) is 5.47. The minimum Gasteiger partial charge on any atom is -0.347 e. The van der Waals surface area contributed by atoms with Crippen molar-refractivity contribution in [1.29, 1.82) is 0 Å². The van der Waals surface area contributed by atoms with Crippen LogP contribution in [0.15, 0.2) is 10.2 Å². The van der Waals surface area contributed by atoms with Crippen molar-refractivity contribution in [2.75, 3.05) is 0 Å². The van der Waals surface area contributed by atoms with E-state index in [4.69, 9.17) is 4.74 Å². The van der Waals surface area contributed by atoms with Crippen molar-refractivity contribution in [3.63, 3.8) is 0 Å². The largest absolute Gasteiger partial charge is 0.347 e. The van der Waals surface area contributed by atoms with Crippen molar-refractivity contribution >= 4 is 0 Å². The van der Waals surface area contributed by atoms with Crippen LogP contribution in [0, 0.1) is 5.92 Å². The standard InChI is InChI=1S/C14H30N2O/c1-11(2)10-14(9,17-13(6,7)8)16-15-12(3,4)5/h11H,10H2,1-9H3. The molecule has 102 valence electrons. The second-order valence-electron chi connectivity index (χ2n) is 7.36. The van der Waals surface area contributed by atoms with Gasteiger partial charge in [0.25, 0.3) is 0 Å². The van der Waals surface area contributed by atoms with Gasteiger partial charge >= 0.3 is 0 Å². The predicted molar refractivity (Wildman–Crippen MR) is 73.3 cm³/mol. The predicted octanol–water partition coefficient (Wildman–Crippen LogP) is 4.81. The third-order valence-corrected chi connectivity index (χ3v) is 1.87. The van der Waals surface area contributed by atoms with Gasteiger partial charge in [-0.25, -0.2) is 0 Å². The Labute approximate surface area is 107 Å². The van der Waals surface area contributed by atoms with E-state index in [2.05, 4.69) is 44.8 Å². The average Bonchev–Trinajstić information content (AvgIpc) is 1.94. The third-order valence-electron chi connectivity index (χ3n) is 1.87. The first kappa shape index (κ1) is 16.6. The van der Waals surface area contributed by atoms with Crippen LogP contribution in [0.2, 0.25) is 0 Å². The van der Waals surface area contributed by atoms with Gasteiger partial charge < -0.3 is 4.74 Å². The summed E-state index contributed by atoms with van der Waals surface area (Å²) >= 11 is 0. The molecule has 3 nitrogen and oxygen atoms in total. The summed E-state index contributed by atoms with van der Waals surface area (Å²) in [6, 6.07) is 0. The number of rotatable bonds is 4. The third kappa shape index (κ3) is 9.28. The van der Waals surface area contributed by atoms with Crippen LogP contribution < -0.4 is 0 Å². The van der Waals surface area contributed by atoms with Crippen LogP contribution in [0.5, 0.6) is 0 Å². The van der Waals surface area contributed by atoms with Crippen LogP contribution in [-0.2, 0) is 4.74 Å². The smallest absolute Gasteiger partial charge is 0.177 e. The molecule has 1 atom stereocenters. The van der Waals surface area contributed by atoms with Gasteiger partial charge in [-0.05, 0) is 54.4 Å². The molecule has 0 radical (unpaired) electrons. The van der Waals surface area contributed by atoms with E-state index in [0.29, 0.717) is 5.92 Å². The Hall–Kier alpha value is -0.440. The van der Waals surface area contributed by atoms with Gasteiger partial charge in [0.05, 0.1) is 11.1 Å². The molecule has 0 fully saturated rings. The van der Waals surface area contributed by atoms with Crippen molar-refractivity contribution in [1.82, 2.24) is 0 Å². The van der Waals surface area contributed by atoms with Gasteiger partial charge in [0.15, 0.2) is 5.72 Å². The van der Waals surface area contributed by atoms with Crippen molar-refractivity contribution in [3.05, 3.63) is 0 Å². The number of nitrogens with zero attached hydrogens (tertiary/aromatic N) is 2. The van der Waals surface area contributed by atoms with Gasteiger partial charge in [-0.1, -0.05) is 13.8 Å². The van der Waals surface area contributed by atoms with Crippen molar-refractivity contribution in [2.24, 2.45) is 16.1 Å². The van der Waals surface area contributed by atoms with E-state index in [-0.39, 0.29) is 11.1 Å². The monoisotopic (exact) mass is 242 g/mol. The summed E-state index contributed by atoms with van der Waals surface area (Å²) in [5, 5.41) is 8.82. The number of azo groups is 1. The van der Waals surface area contributed by atoms with E-state index in [1.165, 1.54) is 0 Å². The summed E-state index contributed by atoms with van der Waals surface area (Å²) in [5.41, 5.74) is -0.889. The number of hydrogen-bond acceptors (Lipinski definition) is 3. The molecule has 0 rings (SSSR count). The molecule has 1 unspecified atom stereocenters. The highest BCUT2D eigenvalue weighted by Gasteiger charge is 2.32. The van der Waals surface area contributed by atoms with Gasteiger partial charge in [0, 0.05) is 6.42 Å². The van der Waals surface area contributed by atoms with E-state index < -0.39 is 5.72 Å². The van der Waals surface area contributed by atoms with Crippen LogP contribution >= 0.6 is 0 Å². The minimum atomic E-state index is -0.528. The number of hydrogen-bond donors (Lipinski definition) is 0. The highest BCUT2D eigenvalue weighted by Crippen LogP contribution is 2.29. The molecular formula is C14H30N2O. The molecule has 0 saturated heterocycles. The topological polar surface area (TPSA) is 34.0 Å². The van der Waals surface area contributed by atoms with Crippen molar-refractivity contribution < 1.29 is 4.74 Å². The molecule has 0 saturated carbocycles. The summed E-state index contributed by atoms with van der Waals surface area (Å²) in [6.07, 6.45) is 0.879. The highest BCUT2D eigenvalue weighted by atomic mass is 16.5. The maximum atomic E-state index is 6.07. The zero-order valence-electron chi connectivity index (χ0n) is 13.1. The Kier molecular flexibility index (Phi) is 5.33. The molecule has 0 spiro atoms. The SMILES string of the molecule is CC(C)CC(C)(N=NC(C)(C)C)OC(C)(C)C. The summed E-state index contributed by atoms with van der Waals surface area (Å²) in [7, 11) is 0. The molecule has 3 heteroatoms. The molecule has 0 aromatic rings. The minimum absolute atomic E-state index is 0.153. The first-order valence-corrected chi connectivity index (χ1v) is 6.47. The fraction of sp³-hybridized carbons (Fsp3) is 1.00. The van der Waals surface area contributed by atoms with Crippen LogP contribution in [0.25, 0.3) is 0 Å². The molecular weight excluding hydrogens is 212 g/mol. The molecule has 0 aliphatic rings. The fourth-order valence-corrected chi connectivity index (χ4v) is 1.78. The zero-order valence-corrected chi connectivity index (χ0v) is 13.1. The molecule has 0 N–H and O–H groups in total. The molecule has 0 heterocycles. The van der Waals surface area contributed by atoms with E-state index >= 15 is 0 Å². The lowest BCUT2D eigenvalue weighted by molar-refractivity contribution is -0.130. The molecule has 17 heavy (non-hydrogen) atoms. The molecule has 0 amide bonds. The summed E-state index contributed by atoms with van der Waals surface area (Å²) in [5.74, 6) is 0.529. The number of ether oxygens (including phenoxy) is 1. The first-order valence-electron chi connectivity index (χ1n) is 6.47. The van der Waals surface area contributed by atoms with E-state index in [1.807, 2.05) is 27.7 Å². The lowest BCUT2D eigenvalue weighted by atomic mass is 10.0. The molecule has 0 aromatic heterocycles. The van der Waals surface area contributed by atoms with E-state index in [9.17, 15) is 0 Å². The second-order valence-corrected chi connectivity index (χ2v) is 7.36. The Balaban J connectivity index is 4.92. The Bertz CT molecular complexity index is 258. The Morgan fingerprint density at radius 3 is 1.65 bits per heavy atom. The molecule has 0 aliphatic heterocycles. The summed E-state index contributed by atoms with van der Waals surface area (Å²) in [6.45, 7) is 18.7. The summed E-state index contributed by atoms with van der Waals surface area (Å²) in [4.78, 5) is 0. The molecule has 0 aromatic carbocycles. The maximum absolute atomic E-state index is 6.07. The van der Waals surface area contributed by atoms with Gasteiger partial charge in [0.1, 0.15) is 0 Å². The van der Waals surface area contributed by atoms with Crippen LogP contribution in [0.1, 0.15) is 68.7 Å². The Morgan fingerprint density at radius 2 is 1.35 bits per heavy atom. The Morgan fingerprint density at radius 1 is 0.882 bits per heavy atom. The van der Waals surface area contributed by atoms with Crippen molar-refractivity contribution in [3.8, 4) is 0 Å². The van der Waals surface area contributed by atoms with Gasteiger partial charge in [-0.15, -0.1) is 0 Å². The highest BCUT2D eigenvalue weighted by molar-refractivity contribution is 4.79. The van der Waals surface area contributed by atoms with Gasteiger partial charge in [0.2, 0.25) is 0 Å². The lowest BCUT2D eigenvalue weighted by Gasteiger charge is -2.34. The van der Waals surface area contributed by atoms with Crippen molar-refractivity contribution in [2.45, 2.75) is 85.6 Å². The normalized spacial score (nSPS) is 17.8. The summed E-state index contributed by atoms with van der Waals surface area (Å²) < 4.78 is 6.07. The fourth-order valence-electron chi connectivity index (χ4n) is 1.78. The quantitative estimate of drug-likeness (QED) is 0.651. The van der Waals surface area contributed by atoms with Crippen LogP contribution in [-0.4, -0.2) is 16.9 Å². The van der Waals surface area contributed by atoms with E-state index in [1.54, 1.807) is 0 Å². The lowest BCUT2D eigenvalue weighted by Crippen LogP contribution is -2.37. The first-order chi connectivity index (χ1) is 7.33. The van der Waals surface area contributed by atoms with Crippen LogP contribution in [0.3, 0.4) is 0 Å². The van der Waals surface area contributed by atoms with E-state index in [0.717, 1.165) is 6.42 Å². The molecule has 0 aliphatic carbocycles.